The second-order valence-corrected chi connectivity index (χ2v) is 5.54. The zero-order valence-electron chi connectivity index (χ0n) is 14.5. The van der Waals surface area contributed by atoms with E-state index < -0.39 is 11.9 Å². The lowest BCUT2D eigenvalue weighted by atomic mass is 10.0. The topological polar surface area (TPSA) is 66.8 Å². The molecular weight excluding hydrogens is 294 g/mol. The van der Waals surface area contributed by atoms with Crippen LogP contribution in [0.1, 0.15) is 45.6 Å². The van der Waals surface area contributed by atoms with E-state index in [0.717, 1.165) is 18.4 Å². The van der Waals surface area contributed by atoms with Crippen molar-refractivity contribution in [1.29, 1.82) is 0 Å². The molecule has 0 fully saturated rings. The van der Waals surface area contributed by atoms with Crippen LogP contribution in [-0.2, 0) is 14.3 Å². The SMILES string of the molecule is CCCCOC(=O)C(CC)C(=O)N(CC)c1cc(O)ccc1C. The van der Waals surface area contributed by atoms with E-state index in [1.54, 1.807) is 25.1 Å². The van der Waals surface area contributed by atoms with Gasteiger partial charge in [0, 0.05) is 12.6 Å². The number of ether oxygens (including phenoxy) is 1. The number of carbonyl (C=O) groups is 2. The Morgan fingerprint density at radius 2 is 1.96 bits per heavy atom. The first-order chi connectivity index (χ1) is 11.0. The molecule has 128 valence electrons. The molecule has 1 atom stereocenters. The number of phenols is 1. The molecule has 1 amide bonds. The van der Waals surface area contributed by atoms with Gasteiger partial charge in [-0.05, 0) is 38.3 Å². The standard InChI is InChI=1S/C18H27NO4/c1-5-8-11-23-18(22)15(6-2)17(21)19(7-3)16-12-14(20)10-9-13(16)4/h9-10,12,15,20H,5-8,11H2,1-4H3. The van der Waals surface area contributed by atoms with Crippen molar-refractivity contribution in [3.63, 3.8) is 0 Å². The molecular formula is C18H27NO4. The van der Waals surface area contributed by atoms with Gasteiger partial charge >= 0.3 is 5.97 Å². The molecule has 5 nitrogen and oxygen atoms in total. The Kier molecular flexibility index (Phi) is 7.59. The molecule has 23 heavy (non-hydrogen) atoms. The third-order valence-electron chi connectivity index (χ3n) is 3.80. The van der Waals surface area contributed by atoms with Crippen LogP contribution in [0.25, 0.3) is 0 Å². The Morgan fingerprint density at radius 3 is 2.52 bits per heavy atom. The van der Waals surface area contributed by atoms with Crippen LogP contribution in [0.15, 0.2) is 18.2 Å². The first-order valence-electron chi connectivity index (χ1n) is 8.23. The van der Waals surface area contributed by atoms with E-state index in [4.69, 9.17) is 4.74 Å². The number of benzene rings is 1. The number of unbranched alkanes of at least 4 members (excludes halogenated alkanes) is 1. The van der Waals surface area contributed by atoms with Gasteiger partial charge in [-0.25, -0.2) is 0 Å². The predicted molar refractivity (Wildman–Crippen MR) is 90.5 cm³/mol. The fraction of sp³-hybridized carbons (Fsp3) is 0.556. The van der Waals surface area contributed by atoms with Crippen molar-refractivity contribution in [3.05, 3.63) is 23.8 Å². The van der Waals surface area contributed by atoms with Gasteiger partial charge in [0.2, 0.25) is 5.91 Å². The molecule has 1 rings (SSSR count). The monoisotopic (exact) mass is 321 g/mol. The number of hydrogen-bond donors (Lipinski definition) is 1. The fourth-order valence-electron chi connectivity index (χ4n) is 2.38. The average molecular weight is 321 g/mol. The first kappa shape index (κ1) is 19.0. The van der Waals surface area contributed by atoms with Gasteiger partial charge in [-0.1, -0.05) is 26.3 Å². The van der Waals surface area contributed by atoms with E-state index in [0.29, 0.717) is 25.3 Å². The lowest BCUT2D eigenvalue weighted by Crippen LogP contribution is -2.40. The Bertz CT molecular complexity index is 542. The summed E-state index contributed by atoms with van der Waals surface area (Å²) in [7, 11) is 0. The summed E-state index contributed by atoms with van der Waals surface area (Å²) in [5, 5.41) is 9.68. The van der Waals surface area contributed by atoms with E-state index in [-0.39, 0.29) is 11.7 Å². The number of amides is 1. The number of anilines is 1. The maximum Gasteiger partial charge on any atom is 0.318 e. The van der Waals surface area contributed by atoms with Gasteiger partial charge in [-0.3, -0.25) is 9.59 Å². The Hall–Kier alpha value is -2.04. The van der Waals surface area contributed by atoms with Gasteiger partial charge in [0.25, 0.3) is 0 Å². The molecule has 1 N–H and O–H groups in total. The summed E-state index contributed by atoms with van der Waals surface area (Å²) >= 11 is 0. The molecule has 0 aliphatic carbocycles. The van der Waals surface area contributed by atoms with Crippen molar-refractivity contribution in [1.82, 2.24) is 0 Å². The smallest absolute Gasteiger partial charge is 0.318 e. The molecule has 1 unspecified atom stereocenters. The summed E-state index contributed by atoms with van der Waals surface area (Å²) in [6, 6.07) is 4.88. The molecule has 5 heteroatoms. The predicted octanol–water partition coefficient (Wildman–Crippen LogP) is 3.42. The van der Waals surface area contributed by atoms with Gasteiger partial charge in [0.05, 0.1) is 12.3 Å². The number of rotatable bonds is 8. The quantitative estimate of drug-likeness (QED) is 0.452. The third kappa shape index (κ3) is 4.98. The minimum atomic E-state index is -0.812. The summed E-state index contributed by atoms with van der Waals surface area (Å²) < 4.78 is 5.21. The minimum absolute atomic E-state index is 0.0930. The molecule has 1 aromatic carbocycles. The maximum atomic E-state index is 12.8. The number of nitrogens with zero attached hydrogens (tertiary/aromatic N) is 1. The van der Waals surface area contributed by atoms with E-state index in [1.807, 2.05) is 20.8 Å². The second kappa shape index (κ2) is 9.18. The first-order valence-corrected chi connectivity index (χ1v) is 8.23. The lowest BCUT2D eigenvalue weighted by molar-refractivity contribution is -0.152. The van der Waals surface area contributed by atoms with Crippen LogP contribution in [0, 0.1) is 12.8 Å². The summed E-state index contributed by atoms with van der Waals surface area (Å²) in [5.74, 6) is -1.48. The van der Waals surface area contributed by atoms with Gasteiger partial charge < -0.3 is 14.7 Å². The van der Waals surface area contributed by atoms with Crippen molar-refractivity contribution in [3.8, 4) is 5.75 Å². The van der Waals surface area contributed by atoms with Gasteiger partial charge in [-0.15, -0.1) is 0 Å². The average Bonchev–Trinajstić information content (AvgIpc) is 2.52. The minimum Gasteiger partial charge on any atom is -0.508 e. The summed E-state index contributed by atoms with van der Waals surface area (Å²) in [6.07, 6.45) is 2.11. The highest BCUT2D eigenvalue weighted by Gasteiger charge is 2.31. The Balaban J connectivity index is 2.96. The third-order valence-corrected chi connectivity index (χ3v) is 3.80. The molecule has 0 spiro atoms. The van der Waals surface area contributed by atoms with Crippen LogP contribution in [0.5, 0.6) is 5.75 Å². The molecule has 0 aliphatic rings. The number of phenolic OH excluding ortho intramolecular Hbond substituents is 1. The zero-order valence-corrected chi connectivity index (χ0v) is 14.5. The number of hydrogen-bond acceptors (Lipinski definition) is 4. The molecule has 0 bridgehead atoms. The van der Waals surface area contributed by atoms with Gasteiger partial charge in [-0.2, -0.15) is 0 Å². The number of aromatic hydroxyl groups is 1. The Labute approximate surface area is 138 Å². The normalized spacial score (nSPS) is 11.8. The lowest BCUT2D eigenvalue weighted by Gasteiger charge is -2.26. The highest BCUT2D eigenvalue weighted by molar-refractivity contribution is 6.06. The fourth-order valence-corrected chi connectivity index (χ4v) is 2.38. The van der Waals surface area contributed by atoms with E-state index in [2.05, 4.69) is 0 Å². The molecule has 0 saturated heterocycles. The van der Waals surface area contributed by atoms with Crippen LogP contribution in [-0.4, -0.2) is 30.1 Å². The molecule has 0 heterocycles. The van der Waals surface area contributed by atoms with Crippen LogP contribution in [0.2, 0.25) is 0 Å². The van der Waals surface area contributed by atoms with Crippen LogP contribution >= 0.6 is 0 Å². The number of esters is 1. The van der Waals surface area contributed by atoms with Crippen molar-refractivity contribution >= 4 is 17.6 Å². The van der Waals surface area contributed by atoms with Crippen molar-refractivity contribution in [2.45, 2.75) is 47.0 Å². The van der Waals surface area contributed by atoms with Crippen LogP contribution in [0.4, 0.5) is 5.69 Å². The zero-order chi connectivity index (χ0) is 17.4. The van der Waals surface area contributed by atoms with Crippen LogP contribution in [0.3, 0.4) is 0 Å². The summed E-state index contributed by atoms with van der Waals surface area (Å²) in [4.78, 5) is 26.5. The number of carbonyl (C=O) groups excluding carboxylic acids is 2. The highest BCUT2D eigenvalue weighted by Crippen LogP contribution is 2.27. The molecule has 0 radical (unpaired) electrons. The maximum absolute atomic E-state index is 12.8. The molecule has 0 saturated carbocycles. The number of aryl methyl sites for hydroxylation is 1. The molecule has 0 aromatic heterocycles. The van der Waals surface area contributed by atoms with E-state index in [9.17, 15) is 14.7 Å². The van der Waals surface area contributed by atoms with E-state index >= 15 is 0 Å². The van der Waals surface area contributed by atoms with Crippen molar-refractivity contribution < 1.29 is 19.4 Å². The summed E-state index contributed by atoms with van der Waals surface area (Å²) in [6.45, 7) is 8.28. The second-order valence-electron chi connectivity index (χ2n) is 5.54. The van der Waals surface area contributed by atoms with Crippen molar-refractivity contribution in [2.75, 3.05) is 18.1 Å². The van der Waals surface area contributed by atoms with Gasteiger partial charge in [0.15, 0.2) is 0 Å². The highest BCUT2D eigenvalue weighted by atomic mass is 16.5. The van der Waals surface area contributed by atoms with Gasteiger partial charge in [0.1, 0.15) is 11.7 Å². The van der Waals surface area contributed by atoms with E-state index in [1.165, 1.54) is 4.90 Å². The largest absolute Gasteiger partial charge is 0.508 e. The van der Waals surface area contributed by atoms with Crippen LogP contribution < -0.4 is 4.90 Å². The summed E-state index contributed by atoms with van der Waals surface area (Å²) in [5.41, 5.74) is 1.49. The van der Waals surface area contributed by atoms with Crippen molar-refractivity contribution in [2.24, 2.45) is 5.92 Å². The Morgan fingerprint density at radius 1 is 1.26 bits per heavy atom. The molecule has 0 aliphatic heterocycles. The molecule has 1 aromatic rings.